The van der Waals surface area contributed by atoms with Gasteiger partial charge in [0.2, 0.25) is 0 Å². The molecule has 0 saturated carbocycles. The summed E-state index contributed by atoms with van der Waals surface area (Å²) in [6, 6.07) is 8.23. The summed E-state index contributed by atoms with van der Waals surface area (Å²) in [7, 11) is -4.15. The van der Waals surface area contributed by atoms with E-state index in [9.17, 15) is 8.42 Å². The van der Waals surface area contributed by atoms with E-state index in [0.717, 1.165) is 0 Å². The molecule has 12 heavy (non-hydrogen) atoms. The van der Waals surface area contributed by atoms with Crippen molar-refractivity contribution < 1.29 is 13.0 Å². The van der Waals surface area contributed by atoms with E-state index in [0.29, 0.717) is 5.56 Å². The van der Waals surface area contributed by atoms with Crippen LogP contribution in [-0.2, 0) is 10.1 Å². The average molecular weight is 184 g/mol. The van der Waals surface area contributed by atoms with Gasteiger partial charge in [0.15, 0.2) is 0 Å². The van der Waals surface area contributed by atoms with Gasteiger partial charge >= 0.3 is 0 Å². The molecule has 0 aliphatic carbocycles. The molecule has 0 radical (unpaired) electrons. The Labute approximate surface area is 71.1 Å². The Balaban J connectivity index is 3.11. The Bertz CT molecular complexity index is 378. The van der Waals surface area contributed by atoms with E-state index in [-0.39, 0.29) is 4.91 Å². The van der Waals surface area contributed by atoms with E-state index < -0.39 is 10.1 Å². The van der Waals surface area contributed by atoms with Gasteiger partial charge in [0.25, 0.3) is 10.1 Å². The minimum atomic E-state index is -4.15. The molecule has 4 heteroatoms. The zero-order valence-corrected chi connectivity index (χ0v) is 7.08. The van der Waals surface area contributed by atoms with Crippen molar-refractivity contribution in [2.45, 2.75) is 0 Å². The Morgan fingerprint density at radius 1 is 1.25 bits per heavy atom. The van der Waals surface area contributed by atoms with Crippen LogP contribution in [0.2, 0.25) is 0 Å². The average Bonchev–Trinajstić information content (AvgIpc) is 2.03. The van der Waals surface area contributed by atoms with E-state index in [1.54, 1.807) is 30.3 Å². The Hall–Kier alpha value is -1.13. The molecule has 0 unspecified atom stereocenters. The summed E-state index contributed by atoms with van der Waals surface area (Å²) in [4.78, 5) is -0.275. The smallest absolute Gasteiger partial charge is 0.282 e. The van der Waals surface area contributed by atoms with Crippen LogP contribution in [0.1, 0.15) is 5.56 Å². The molecule has 0 saturated heterocycles. The summed E-state index contributed by atoms with van der Waals surface area (Å²) in [5, 5.41) is 0. The second-order valence-corrected chi connectivity index (χ2v) is 3.71. The molecular formula is C8H8O3S. The fourth-order valence-corrected chi connectivity index (χ4v) is 1.21. The molecule has 1 aromatic rings. The molecule has 1 rings (SSSR count). The van der Waals surface area contributed by atoms with E-state index in [1.807, 2.05) is 0 Å². The predicted molar refractivity (Wildman–Crippen MR) is 47.0 cm³/mol. The van der Waals surface area contributed by atoms with E-state index >= 15 is 0 Å². The van der Waals surface area contributed by atoms with Crippen LogP contribution in [0.15, 0.2) is 36.9 Å². The van der Waals surface area contributed by atoms with Crippen molar-refractivity contribution in [3.8, 4) is 0 Å². The van der Waals surface area contributed by atoms with Crippen molar-refractivity contribution in [3.05, 3.63) is 42.5 Å². The maximum atomic E-state index is 10.6. The molecule has 0 aliphatic heterocycles. The van der Waals surface area contributed by atoms with Crippen LogP contribution in [0.3, 0.4) is 0 Å². The van der Waals surface area contributed by atoms with Crippen molar-refractivity contribution >= 4 is 15.0 Å². The summed E-state index contributed by atoms with van der Waals surface area (Å²) in [6.45, 7) is 3.26. The van der Waals surface area contributed by atoms with Crippen molar-refractivity contribution in [2.24, 2.45) is 0 Å². The standard InChI is InChI=1S/C8H8O3S/c1-7(12(9,10)11)8-5-3-2-4-6-8/h2-6H,1H2,(H,9,10,11). The first-order valence-electron chi connectivity index (χ1n) is 3.23. The first kappa shape index (κ1) is 8.96. The summed E-state index contributed by atoms with van der Waals surface area (Å²) in [6.07, 6.45) is 0. The highest BCUT2D eigenvalue weighted by Gasteiger charge is 2.11. The third-order valence-electron chi connectivity index (χ3n) is 1.41. The molecule has 0 spiro atoms. The fourth-order valence-electron chi connectivity index (χ4n) is 0.773. The fraction of sp³-hybridized carbons (Fsp3) is 0. The highest BCUT2D eigenvalue weighted by atomic mass is 32.2. The lowest BCUT2D eigenvalue weighted by Gasteiger charge is -1.99. The second kappa shape index (κ2) is 3.08. The first-order chi connectivity index (χ1) is 5.52. The van der Waals surface area contributed by atoms with Gasteiger partial charge in [-0.05, 0) is 5.56 Å². The third-order valence-corrected chi connectivity index (χ3v) is 2.27. The molecule has 1 aromatic carbocycles. The molecule has 0 amide bonds. The Kier molecular flexibility index (Phi) is 2.30. The van der Waals surface area contributed by atoms with Gasteiger partial charge in [-0.25, -0.2) is 0 Å². The number of benzene rings is 1. The largest absolute Gasteiger partial charge is 0.294 e. The van der Waals surface area contributed by atoms with Crippen molar-refractivity contribution in [1.82, 2.24) is 0 Å². The Morgan fingerprint density at radius 2 is 1.75 bits per heavy atom. The Morgan fingerprint density at radius 3 is 2.17 bits per heavy atom. The highest BCUT2D eigenvalue weighted by molar-refractivity contribution is 7.95. The lowest BCUT2D eigenvalue weighted by atomic mass is 10.2. The van der Waals surface area contributed by atoms with Crippen molar-refractivity contribution in [1.29, 1.82) is 0 Å². The van der Waals surface area contributed by atoms with E-state index in [2.05, 4.69) is 6.58 Å². The highest BCUT2D eigenvalue weighted by Crippen LogP contribution is 2.16. The van der Waals surface area contributed by atoms with E-state index in [4.69, 9.17) is 4.55 Å². The third kappa shape index (κ3) is 1.93. The van der Waals surface area contributed by atoms with Crippen LogP contribution in [-0.4, -0.2) is 13.0 Å². The molecule has 0 fully saturated rings. The van der Waals surface area contributed by atoms with Crippen LogP contribution < -0.4 is 0 Å². The van der Waals surface area contributed by atoms with Crippen molar-refractivity contribution in [2.75, 3.05) is 0 Å². The lowest BCUT2D eigenvalue weighted by Crippen LogP contribution is -1.98. The van der Waals surface area contributed by atoms with Gasteiger partial charge in [-0.2, -0.15) is 8.42 Å². The van der Waals surface area contributed by atoms with Gasteiger partial charge in [-0.3, -0.25) is 4.55 Å². The molecule has 1 N–H and O–H groups in total. The molecule has 0 heterocycles. The monoisotopic (exact) mass is 184 g/mol. The van der Waals surface area contributed by atoms with Crippen LogP contribution in [0.5, 0.6) is 0 Å². The maximum absolute atomic E-state index is 10.6. The molecule has 0 aromatic heterocycles. The maximum Gasteiger partial charge on any atom is 0.294 e. The van der Waals surface area contributed by atoms with Crippen LogP contribution in [0.25, 0.3) is 4.91 Å². The predicted octanol–water partition coefficient (Wildman–Crippen LogP) is 1.55. The topological polar surface area (TPSA) is 54.4 Å². The van der Waals surface area contributed by atoms with Gasteiger partial charge in [0.05, 0.1) is 4.91 Å². The molecular weight excluding hydrogens is 176 g/mol. The minimum absolute atomic E-state index is 0.275. The number of hydrogen-bond donors (Lipinski definition) is 1. The van der Waals surface area contributed by atoms with Crippen LogP contribution >= 0.6 is 0 Å². The SMILES string of the molecule is C=C(c1ccccc1)S(=O)(=O)O. The van der Waals surface area contributed by atoms with E-state index in [1.165, 1.54) is 0 Å². The van der Waals surface area contributed by atoms with Crippen LogP contribution in [0.4, 0.5) is 0 Å². The summed E-state index contributed by atoms with van der Waals surface area (Å²) in [5.74, 6) is 0. The number of hydrogen-bond acceptors (Lipinski definition) is 2. The van der Waals surface area contributed by atoms with Gasteiger partial charge < -0.3 is 0 Å². The van der Waals surface area contributed by atoms with Gasteiger partial charge in [0.1, 0.15) is 0 Å². The molecule has 0 bridgehead atoms. The zero-order valence-electron chi connectivity index (χ0n) is 6.27. The van der Waals surface area contributed by atoms with Gasteiger partial charge in [-0.15, -0.1) is 0 Å². The first-order valence-corrected chi connectivity index (χ1v) is 4.67. The number of rotatable bonds is 2. The lowest BCUT2D eigenvalue weighted by molar-refractivity contribution is 0.496. The molecule has 0 atom stereocenters. The quantitative estimate of drug-likeness (QED) is 0.709. The molecule has 64 valence electrons. The second-order valence-electron chi connectivity index (χ2n) is 2.26. The summed E-state index contributed by atoms with van der Waals surface area (Å²) in [5.41, 5.74) is 0.403. The van der Waals surface area contributed by atoms with Crippen LogP contribution in [0, 0.1) is 0 Å². The zero-order chi connectivity index (χ0) is 9.19. The van der Waals surface area contributed by atoms with Gasteiger partial charge in [-0.1, -0.05) is 36.9 Å². The van der Waals surface area contributed by atoms with Crippen molar-refractivity contribution in [3.63, 3.8) is 0 Å². The van der Waals surface area contributed by atoms with Gasteiger partial charge in [0, 0.05) is 0 Å². The molecule has 3 nitrogen and oxygen atoms in total. The summed E-state index contributed by atoms with van der Waals surface area (Å²) < 4.78 is 29.8. The normalized spacial score (nSPS) is 11.1. The molecule has 0 aliphatic rings. The summed E-state index contributed by atoms with van der Waals surface area (Å²) >= 11 is 0. The minimum Gasteiger partial charge on any atom is -0.282 e.